The summed E-state index contributed by atoms with van der Waals surface area (Å²) in [4.78, 5) is 4.41. The van der Waals surface area contributed by atoms with E-state index in [1.165, 1.54) is 16.7 Å². The third-order valence-corrected chi connectivity index (χ3v) is 5.01. The smallest absolute Gasteiger partial charge is 0.0737 e. The Kier molecular flexibility index (Phi) is 5.86. The van der Waals surface area contributed by atoms with Crippen molar-refractivity contribution in [2.24, 2.45) is 0 Å². The zero-order chi connectivity index (χ0) is 19.2. The minimum absolute atomic E-state index is 0.701. The van der Waals surface area contributed by atoms with E-state index in [9.17, 15) is 0 Å². The first-order valence-corrected chi connectivity index (χ1v) is 9.77. The van der Waals surface area contributed by atoms with Gasteiger partial charge >= 0.3 is 0 Å². The quantitative estimate of drug-likeness (QED) is 0.421. The van der Waals surface area contributed by atoms with E-state index in [4.69, 9.17) is 11.6 Å². The van der Waals surface area contributed by atoms with Gasteiger partial charge in [-0.2, -0.15) is 0 Å². The van der Waals surface area contributed by atoms with Crippen LogP contribution in [0.25, 0.3) is 10.9 Å². The van der Waals surface area contributed by atoms with E-state index in [2.05, 4.69) is 64.1 Å². The van der Waals surface area contributed by atoms with Crippen LogP contribution in [0, 0.1) is 0 Å². The van der Waals surface area contributed by atoms with Gasteiger partial charge < -0.3 is 10.6 Å². The van der Waals surface area contributed by atoms with Crippen molar-refractivity contribution in [3.05, 3.63) is 107 Å². The second-order valence-electron chi connectivity index (χ2n) is 6.73. The third-order valence-electron chi connectivity index (χ3n) is 4.78. The highest BCUT2D eigenvalue weighted by atomic mass is 35.5. The number of fused-ring (bicyclic) bond motifs is 1. The van der Waals surface area contributed by atoms with E-state index in [-0.39, 0.29) is 0 Å². The number of nitrogens with zero attached hydrogens (tertiary/aromatic N) is 1. The first-order valence-electron chi connectivity index (χ1n) is 9.39. The van der Waals surface area contributed by atoms with Crippen LogP contribution < -0.4 is 10.6 Å². The van der Waals surface area contributed by atoms with Gasteiger partial charge in [0, 0.05) is 41.9 Å². The molecular weight excluding hydrogens is 366 g/mol. The molecule has 3 nitrogen and oxygen atoms in total. The fourth-order valence-electron chi connectivity index (χ4n) is 3.31. The predicted octanol–water partition coefficient (Wildman–Crippen LogP) is 5.79. The molecule has 0 aliphatic heterocycles. The molecule has 0 radical (unpaired) electrons. The number of benzene rings is 3. The van der Waals surface area contributed by atoms with Crippen molar-refractivity contribution in [3.8, 4) is 0 Å². The van der Waals surface area contributed by atoms with Gasteiger partial charge in [-0.1, -0.05) is 66.2 Å². The van der Waals surface area contributed by atoms with Gasteiger partial charge in [0.05, 0.1) is 5.52 Å². The van der Waals surface area contributed by atoms with Crippen molar-refractivity contribution in [2.45, 2.75) is 19.6 Å². The molecule has 0 fully saturated rings. The van der Waals surface area contributed by atoms with Crippen LogP contribution in [-0.2, 0) is 19.6 Å². The second-order valence-corrected chi connectivity index (χ2v) is 7.17. The molecule has 0 unspecified atom stereocenters. The summed E-state index contributed by atoms with van der Waals surface area (Å²) in [5.74, 6) is 0. The zero-order valence-corrected chi connectivity index (χ0v) is 16.3. The fraction of sp³-hybridized carbons (Fsp3) is 0.125. The number of hydrogen-bond acceptors (Lipinski definition) is 3. The van der Waals surface area contributed by atoms with Crippen LogP contribution >= 0.6 is 11.6 Å². The Hall–Kier alpha value is -2.88. The second kappa shape index (κ2) is 8.87. The van der Waals surface area contributed by atoms with Crippen LogP contribution in [0.3, 0.4) is 0 Å². The standard InChI is InChI=1S/C24H22ClN3/c25-21-10-11-22-23(12-13-27-24(22)14-21)28-17-20-9-5-4-8-19(20)16-26-15-18-6-2-1-3-7-18/h1-14,26H,15-17H2,(H,27,28). The summed E-state index contributed by atoms with van der Waals surface area (Å²) in [6.07, 6.45) is 1.81. The van der Waals surface area contributed by atoms with E-state index in [1.54, 1.807) is 0 Å². The molecule has 3 aromatic carbocycles. The molecular formula is C24H22ClN3. The summed E-state index contributed by atoms with van der Waals surface area (Å²) in [5, 5.41) is 8.88. The highest BCUT2D eigenvalue weighted by Crippen LogP contribution is 2.25. The van der Waals surface area contributed by atoms with Gasteiger partial charge in [-0.25, -0.2) is 0 Å². The van der Waals surface area contributed by atoms with Crippen molar-refractivity contribution in [2.75, 3.05) is 5.32 Å². The van der Waals surface area contributed by atoms with Crippen LogP contribution in [0.4, 0.5) is 5.69 Å². The molecule has 140 valence electrons. The average molecular weight is 388 g/mol. The predicted molar refractivity (Wildman–Crippen MR) is 118 cm³/mol. The van der Waals surface area contributed by atoms with E-state index in [1.807, 2.05) is 36.5 Å². The van der Waals surface area contributed by atoms with Gasteiger partial charge in [0.25, 0.3) is 0 Å². The minimum atomic E-state index is 0.701. The first kappa shape index (κ1) is 18.5. The number of anilines is 1. The summed E-state index contributed by atoms with van der Waals surface area (Å²) in [5.41, 5.74) is 5.83. The lowest BCUT2D eigenvalue weighted by Crippen LogP contribution is -2.15. The minimum Gasteiger partial charge on any atom is -0.380 e. The Morgan fingerprint density at radius 3 is 2.32 bits per heavy atom. The van der Waals surface area contributed by atoms with Crippen molar-refractivity contribution >= 4 is 28.2 Å². The van der Waals surface area contributed by atoms with Gasteiger partial charge in [-0.15, -0.1) is 0 Å². The maximum Gasteiger partial charge on any atom is 0.0737 e. The van der Waals surface area contributed by atoms with E-state index in [0.717, 1.165) is 36.2 Å². The largest absolute Gasteiger partial charge is 0.380 e. The van der Waals surface area contributed by atoms with Crippen LogP contribution in [0.1, 0.15) is 16.7 Å². The molecule has 0 spiro atoms. The lowest BCUT2D eigenvalue weighted by atomic mass is 10.1. The molecule has 0 bridgehead atoms. The van der Waals surface area contributed by atoms with Gasteiger partial charge in [0.2, 0.25) is 0 Å². The normalized spacial score (nSPS) is 10.9. The maximum absolute atomic E-state index is 6.09. The third kappa shape index (κ3) is 4.50. The SMILES string of the molecule is Clc1ccc2c(NCc3ccccc3CNCc3ccccc3)ccnc2c1. The van der Waals surface area contributed by atoms with Gasteiger partial charge in [-0.3, -0.25) is 4.98 Å². The van der Waals surface area contributed by atoms with Crippen LogP contribution in [0.15, 0.2) is 85.1 Å². The summed E-state index contributed by atoms with van der Waals surface area (Å²) >= 11 is 6.09. The van der Waals surface area contributed by atoms with E-state index < -0.39 is 0 Å². The lowest BCUT2D eigenvalue weighted by molar-refractivity contribution is 0.689. The highest BCUT2D eigenvalue weighted by molar-refractivity contribution is 6.31. The summed E-state index contributed by atoms with van der Waals surface area (Å²) in [6.45, 7) is 2.45. The number of pyridine rings is 1. The maximum atomic E-state index is 6.09. The Morgan fingerprint density at radius 2 is 1.50 bits per heavy atom. The lowest BCUT2D eigenvalue weighted by Gasteiger charge is -2.14. The summed E-state index contributed by atoms with van der Waals surface area (Å²) < 4.78 is 0. The molecule has 1 heterocycles. The molecule has 4 heteroatoms. The number of nitrogens with one attached hydrogen (secondary N) is 2. The fourth-order valence-corrected chi connectivity index (χ4v) is 3.47. The molecule has 1 aromatic heterocycles. The monoisotopic (exact) mass is 387 g/mol. The zero-order valence-electron chi connectivity index (χ0n) is 15.5. The molecule has 0 saturated heterocycles. The first-order chi connectivity index (χ1) is 13.8. The van der Waals surface area contributed by atoms with Crippen LogP contribution in [-0.4, -0.2) is 4.98 Å². The Balaban J connectivity index is 1.44. The highest BCUT2D eigenvalue weighted by Gasteiger charge is 2.05. The molecule has 0 aliphatic carbocycles. The van der Waals surface area contributed by atoms with Crippen molar-refractivity contribution in [3.63, 3.8) is 0 Å². The number of aromatic nitrogens is 1. The topological polar surface area (TPSA) is 37.0 Å². The van der Waals surface area contributed by atoms with Crippen molar-refractivity contribution in [1.82, 2.24) is 10.3 Å². The van der Waals surface area contributed by atoms with Crippen molar-refractivity contribution < 1.29 is 0 Å². The molecule has 28 heavy (non-hydrogen) atoms. The van der Waals surface area contributed by atoms with E-state index >= 15 is 0 Å². The molecule has 0 amide bonds. The van der Waals surface area contributed by atoms with Gasteiger partial charge in [-0.05, 0) is 41.0 Å². The van der Waals surface area contributed by atoms with Gasteiger partial charge in [0.1, 0.15) is 0 Å². The number of hydrogen-bond donors (Lipinski definition) is 2. The molecule has 2 N–H and O–H groups in total. The average Bonchev–Trinajstić information content (AvgIpc) is 2.73. The molecule has 4 rings (SSSR count). The number of halogens is 1. The Bertz CT molecular complexity index is 1060. The number of rotatable bonds is 7. The summed E-state index contributed by atoms with van der Waals surface area (Å²) in [7, 11) is 0. The Morgan fingerprint density at radius 1 is 0.750 bits per heavy atom. The molecule has 0 saturated carbocycles. The van der Waals surface area contributed by atoms with Gasteiger partial charge in [0.15, 0.2) is 0 Å². The van der Waals surface area contributed by atoms with Crippen molar-refractivity contribution in [1.29, 1.82) is 0 Å². The van der Waals surface area contributed by atoms with Crippen LogP contribution in [0.2, 0.25) is 5.02 Å². The molecule has 0 atom stereocenters. The molecule has 0 aliphatic rings. The Labute approximate surface area is 170 Å². The summed E-state index contributed by atoms with van der Waals surface area (Å²) in [6, 6.07) is 26.8. The molecule has 4 aromatic rings. The van der Waals surface area contributed by atoms with Crippen LogP contribution in [0.5, 0.6) is 0 Å². The van der Waals surface area contributed by atoms with E-state index in [0.29, 0.717) is 5.02 Å².